The van der Waals surface area contributed by atoms with Crippen molar-refractivity contribution in [2.75, 3.05) is 19.0 Å². The fourth-order valence-electron chi connectivity index (χ4n) is 2.72. The van der Waals surface area contributed by atoms with E-state index in [2.05, 4.69) is 23.6 Å². The second kappa shape index (κ2) is 8.56. The highest BCUT2D eigenvalue weighted by Crippen LogP contribution is 2.66. The molecule has 1 aliphatic heterocycles. The minimum absolute atomic E-state index is 0.0756. The SMILES string of the molecule is CP(=O)(OC[C@H]1O[C@@H](n2cnc3c(N)ncnc32)[C@H](O)[C@@H]1O)OP(=O)(O)OP(=O)(O)O. The van der Waals surface area contributed by atoms with Crippen LogP contribution in [0.4, 0.5) is 5.82 Å². The molecule has 7 N–H and O–H groups in total. The highest BCUT2D eigenvalue weighted by atomic mass is 31.3. The molecule has 3 rings (SSSR count). The topological polar surface area (TPSA) is 259 Å². The summed E-state index contributed by atoms with van der Waals surface area (Å²) in [7, 11) is -15.3. The number of nitrogens with zero attached hydrogens (tertiary/aromatic N) is 4. The number of imidazole rings is 1. The number of nitrogens with two attached hydrogens (primary N) is 1. The van der Waals surface area contributed by atoms with Crippen LogP contribution in [0.5, 0.6) is 0 Å². The maximum atomic E-state index is 12.2. The zero-order valence-corrected chi connectivity index (χ0v) is 18.2. The fourth-order valence-corrected chi connectivity index (χ4v) is 6.29. The fraction of sp³-hybridized carbons (Fsp3) is 0.545. The van der Waals surface area contributed by atoms with Crippen LogP contribution >= 0.6 is 23.2 Å². The third-order valence-corrected chi connectivity index (χ3v) is 8.24. The number of aliphatic hydroxyl groups excluding tert-OH is 2. The molecule has 2 unspecified atom stereocenters. The summed E-state index contributed by atoms with van der Waals surface area (Å²) in [5, 5.41) is 20.6. The van der Waals surface area contributed by atoms with Gasteiger partial charge in [0.2, 0.25) is 0 Å². The van der Waals surface area contributed by atoms with Crippen molar-refractivity contribution >= 4 is 40.2 Å². The number of rotatable bonds is 8. The van der Waals surface area contributed by atoms with Crippen LogP contribution in [-0.2, 0) is 31.6 Å². The molecule has 0 aliphatic carbocycles. The van der Waals surface area contributed by atoms with Crippen molar-refractivity contribution in [2.24, 2.45) is 0 Å². The number of fused-ring (bicyclic) bond motifs is 1. The summed E-state index contributed by atoms with van der Waals surface area (Å²) in [5.41, 5.74) is 6.12. The van der Waals surface area contributed by atoms with Crippen LogP contribution in [-0.4, -0.2) is 76.0 Å². The van der Waals surface area contributed by atoms with E-state index in [4.69, 9.17) is 24.8 Å². The van der Waals surface area contributed by atoms with Crippen molar-refractivity contribution in [1.82, 2.24) is 19.5 Å². The Labute approximate surface area is 173 Å². The predicted molar refractivity (Wildman–Crippen MR) is 99.2 cm³/mol. The number of aliphatic hydroxyl groups is 2. The average Bonchev–Trinajstić information content (AvgIpc) is 3.13. The number of hydrogen-bond donors (Lipinski definition) is 6. The molecule has 0 amide bonds. The van der Waals surface area contributed by atoms with Gasteiger partial charge in [-0.25, -0.2) is 28.4 Å². The van der Waals surface area contributed by atoms with Gasteiger partial charge in [0.1, 0.15) is 30.2 Å². The minimum atomic E-state index is -5.45. The van der Waals surface area contributed by atoms with E-state index in [-0.39, 0.29) is 17.0 Å². The first-order chi connectivity index (χ1) is 14.2. The number of aromatic nitrogens is 4. The molecular weight excluding hydrogens is 487 g/mol. The molecule has 0 bridgehead atoms. The lowest BCUT2D eigenvalue weighted by Gasteiger charge is -2.20. The van der Waals surface area contributed by atoms with Gasteiger partial charge in [0.25, 0.3) is 0 Å². The Hall–Kier alpha value is -1.32. The van der Waals surface area contributed by atoms with Gasteiger partial charge in [0.15, 0.2) is 17.7 Å². The summed E-state index contributed by atoms with van der Waals surface area (Å²) in [6.45, 7) is 0.0133. The molecule has 31 heavy (non-hydrogen) atoms. The molecule has 0 radical (unpaired) electrons. The highest BCUT2D eigenvalue weighted by Gasteiger charge is 2.46. The Morgan fingerprint density at radius 3 is 2.45 bits per heavy atom. The number of ether oxygens (including phenoxy) is 1. The van der Waals surface area contributed by atoms with Crippen molar-refractivity contribution in [3.05, 3.63) is 12.7 Å². The van der Waals surface area contributed by atoms with Gasteiger partial charge in [-0.2, -0.15) is 4.31 Å². The van der Waals surface area contributed by atoms with Crippen LogP contribution in [0, 0.1) is 0 Å². The van der Waals surface area contributed by atoms with E-state index >= 15 is 0 Å². The quantitative estimate of drug-likeness (QED) is 0.237. The molecule has 6 atom stereocenters. The first-order valence-corrected chi connectivity index (χ1v) is 13.2. The maximum Gasteiger partial charge on any atom is 0.488 e. The summed E-state index contributed by atoms with van der Waals surface area (Å²) in [6.07, 6.45) is -3.17. The lowest BCUT2D eigenvalue weighted by atomic mass is 10.1. The third kappa shape index (κ3) is 5.73. The van der Waals surface area contributed by atoms with Gasteiger partial charge in [-0.3, -0.25) is 9.13 Å². The molecule has 1 aliphatic rings. The second-order valence-corrected chi connectivity index (χ2v) is 11.3. The monoisotopic (exact) mass is 505 g/mol. The molecule has 0 aromatic carbocycles. The second-order valence-electron chi connectivity index (χ2n) is 6.32. The Bertz CT molecular complexity index is 1110. The average molecular weight is 505 g/mol. The maximum absolute atomic E-state index is 12.2. The summed E-state index contributed by atoms with van der Waals surface area (Å²) in [6, 6.07) is 0. The van der Waals surface area contributed by atoms with Crippen LogP contribution < -0.4 is 5.73 Å². The molecule has 20 heteroatoms. The van der Waals surface area contributed by atoms with E-state index in [9.17, 15) is 28.8 Å². The van der Waals surface area contributed by atoms with E-state index in [1.165, 1.54) is 10.9 Å². The zero-order chi connectivity index (χ0) is 23.2. The van der Waals surface area contributed by atoms with Crippen LogP contribution in [0.15, 0.2) is 12.7 Å². The van der Waals surface area contributed by atoms with Crippen molar-refractivity contribution in [3.8, 4) is 0 Å². The molecule has 2 aromatic heterocycles. The number of nitrogen functional groups attached to an aromatic ring is 1. The number of phosphoric acid groups is 2. The lowest BCUT2D eigenvalue weighted by Crippen LogP contribution is -2.33. The van der Waals surface area contributed by atoms with E-state index < -0.39 is 54.4 Å². The molecule has 0 spiro atoms. The Kier molecular flexibility index (Phi) is 6.71. The van der Waals surface area contributed by atoms with Crippen molar-refractivity contribution in [2.45, 2.75) is 24.5 Å². The number of anilines is 1. The zero-order valence-electron chi connectivity index (χ0n) is 15.5. The Balaban J connectivity index is 1.69. The molecule has 1 fully saturated rings. The summed E-state index contributed by atoms with van der Waals surface area (Å²) < 4.78 is 53.8. The van der Waals surface area contributed by atoms with E-state index in [0.717, 1.165) is 13.0 Å². The predicted octanol–water partition coefficient (Wildman–Crippen LogP) is -0.907. The van der Waals surface area contributed by atoms with E-state index in [0.29, 0.717) is 0 Å². The highest BCUT2D eigenvalue weighted by molar-refractivity contribution is 7.68. The molecule has 3 heterocycles. The molecule has 0 saturated carbocycles. The van der Waals surface area contributed by atoms with E-state index in [1.807, 2.05) is 0 Å². The summed E-state index contributed by atoms with van der Waals surface area (Å²) >= 11 is 0. The summed E-state index contributed by atoms with van der Waals surface area (Å²) in [4.78, 5) is 38.2. The van der Waals surface area contributed by atoms with Gasteiger partial charge in [-0.1, -0.05) is 0 Å². The smallest absolute Gasteiger partial charge is 0.387 e. The van der Waals surface area contributed by atoms with Crippen LogP contribution in [0.3, 0.4) is 0 Å². The molecule has 1 saturated heterocycles. The van der Waals surface area contributed by atoms with E-state index in [1.54, 1.807) is 0 Å². The Morgan fingerprint density at radius 1 is 1.13 bits per heavy atom. The first kappa shape index (κ1) is 24.3. The standard InChI is InChI=1S/C11H18N5O12P3/c1-29(19,27-31(23,24)28-30(20,21)22)25-2-5-7(17)8(18)11(26-5)16-4-15-6-9(12)13-3-14-10(6)16/h3-5,7-8,11,17-18H,2H2,1H3,(H,23,24)(H2,12,13,14)(H2,20,21,22)/t5-,7-,8-,11-,29?/m1/s1. The Morgan fingerprint density at radius 2 is 1.81 bits per heavy atom. The lowest BCUT2D eigenvalue weighted by molar-refractivity contribution is -0.0482. The van der Waals surface area contributed by atoms with Crippen molar-refractivity contribution in [3.63, 3.8) is 0 Å². The van der Waals surface area contributed by atoms with Gasteiger partial charge in [0.05, 0.1) is 12.9 Å². The molecule has 2 aromatic rings. The van der Waals surface area contributed by atoms with Gasteiger partial charge in [-0.15, -0.1) is 0 Å². The first-order valence-electron chi connectivity index (χ1n) is 8.17. The number of hydrogen-bond acceptors (Lipinski definition) is 13. The third-order valence-electron chi connectivity index (χ3n) is 3.93. The van der Waals surface area contributed by atoms with Gasteiger partial charge < -0.3 is 39.9 Å². The van der Waals surface area contributed by atoms with Crippen LogP contribution in [0.2, 0.25) is 0 Å². The molecule has 17 nitrogen and oxygen atoms in total. The van der Waals surface area contributed by atoms with Crippen molar-refractivity contribution in [1.29, 1.82) is 0 Å². The van der Waals surface area contributed by atoms with Gasteiger partial charge >= 0.3 is 23.2 Å². The van der Waals surface area contributed by atoms with Gasteiger partial charge in [-0.05, 0) is 0 Å². The largest absolute Gasteiger partial charge is 0.488 e. The van der Waals surface area contributed by atoms with Crippen LogP contribution in [0.25, 0.3) is 11.2 Å². The molecule has 174 valence electrons. The minimum Gasteiger partial charge on any atom is -0.387 e. The van der Waals surface area contributed by atoms with Gasteiger partial charge in [0, 0.05) is 6.66 Å². The molecular formula is C11H18N5O12P3. The summed E-state index contributed by atoms with van der Waals surface area (Å²) in [5.74, 6) is 0.0756. The van der Waals surface area contributed by atoms with Crippen LogP contribution in [0.1, 0.15) is 6.23 Å². The van der Waals surface area contributed by atoms with Crippen molar-refractivity contribution < 1.29 is 56.5 Å². The normalized spacial score (nSPS) is 28.5.